The van der Waals surface area contributed by atoms with E-state index in [1.54, 1.807) is 19.1 Å². The topological polar surface area (TPSA) is 78.4 Å². The maximum Gasteiger partial charge on any atom is 0.319 e. The van der Waals surface area contributed by atoms with Crippen molar-refractivity contribution in [3.63, 3.8) is 0 Å². The molecule has 1 unspecified atom stereocenters. The zero-order chi connectivity index (χ0) is 14.4. The first-order chi connectivity index (χ1) is 8.93. The first kappa shape index (κ1) is 15.6. The molecule has 0 heterocycles. The van der Waals surface area contributed by atoms with E-state index in [9.17, 15) is 9.59 Å². The number of hydrogen-bond donors (Lipinski definition) is 3. The molecule has 7 heteroatoms. The molecule has 19 heavy (non-hydrogen) atoms. The fourth-order valence-electron chi connectivity index (χ4n) is 1.38. The van der Waals surface area contributed by atoms with Gasteiger partial charge in [-0.2, -0.15) is 0 Å². The number of nitrogens with one attached hydrogen (secondary N) is 2. The van der Waals surface area contributed by atoms with E-state index in [-0.39, 0.29) is 6.54 Å². The third-order valence-corrected chi connectivity index (χ3v) is 3.08. The zero-order valence-corrected chi connectivity index (χ0v) is 11.8. The van der Waals surface area contributed by atoms with Crippen LogP contribution in [0.25, 0.3) is 0 Å². The van der Waals surface area contributed by atoms with Gasteiger partial charge < -0.3 is 15.7 Å². The van der Waals surface area contributed by atoms with Gasteiger partial charge in [0.05, 0.1) is 16.6 Å². The molecule has 0 bridgehead atoms. The van der Waals surface area contributed by atoms with Crippen molar-refractivity contribution >= 4 is 40.9 Å². The van der Waals surface area contributed by atoms with Gasteiger partial charge in [0.15, 0.2) is 0 Å². The second-order valence-electron chi connectivity index (χ2n) is 3.90. The van der Waals surface area contributed by atoms with E-state index in [0.717, 1.165) is 0 Å². The average Bonchev–Trinajstić information content (AvgIpc) is 2.33. The third kappa shape index (κ3) is 4.96. The second-order valence-corrected chi connectivity index (χ2v) is 4.75. The number of carboxylic acid groups (broad SMARTS) is 1. The van der Waals surface area contributed by atoms with Gasteiger partial charge in [-0.05, 0) is 24.6 Å². The van der Waals surface area contributed by atoms with E-state index >= 15 is 0 Å². The number of anilines is 1. The minimum absolute atomic E-state index is 0.0584. The van der Waals surface area contributed by atoms with Crippen LogP contribution in [0.4, 0.5) is 10.5 Å². The Hall–Kier alpha value is -1.46. The number of aliphatic carboxylic acids is 1. The summed E-state index contributed by atoms with van der Waals surface area (Å²) in [6.07, 6.45) is 0.442. The standard InChI is InChI=1S/C12H14Cl2N2O3/c1-2-7(11(17)18)6-15-12(19)16-10-4-3-8(13)5-9(10)14/h3-5,7H,2,6H2,1H3,(H,17,18)(H2,15,16,19). The van der Waals surface area contributed by atoms with Gasteiger partial charge in [0.25, 0.3) is 0 Å². The van der Waals surface area contributed by atoms with Crippen LogP contribution >= 0.6 is 23.2 Å². The van der Waals surface area contributed by atoms with Crippen LogP contribution in [0.1, 0.15) is 13.3 Å². The molecular formula is C12H14Cl2N2O3. The van der Waals surface area contributed by atoms with Gasteiger partial charge in [0, 0.05) is 11.6 Å². The van der Waals surface area contributed by atoms with Crippen molar-refractivity contribution in [3.05, 3.63) is 28.2 Å². The monoisotopic (exact) mass is 304 g/mol. The molecule has 1 aromatic rings. The molecule has 0 saturated carbocycles. The van der Waals surface area contributed by atoms with Gasteiger partial charge in [-0.25, -0.2) is 4.79 Å². The van der Waals surface area contributed by atoms with Crippen LogP contribution in [-0.2, 0) is 4.79 Å². The van der Waals surface area contributed by atoms with Crippen LogP contribution in [0, 0.1) is 5.92 Å². The summed E-state index contributed by atoms with van der Waals surface area (Å²) >= 11 is 11.6. The molecule has 0 radical (unpaired) electrons. The number of carbonyl (C=O) groups excluding carboxylic acids is 1. The second kappa shape index (κ2) is 7.21. The Morgan fingerprint density at radius 1 is 1.37 bits per heavy atom. The van der Waals surface area contributed by atoms with Crippen LogP contribution < -0.4 is 10.6 Å². The Kier molecular flexibility index (Phi) is 5.92. The quantitative estimate of drug-likeness (QED) is 0.781. The summed E-state index contributed by atoms with van der Waals surface area (Å²) in [6, 6.07) is 4.16. The molecule has 2 amide bonds. The maximum absolute atomic E-state index is 11.6. The fraction of sp³-hybridized carbons (Fsp3) is 0.333. The first-order valence-electron chi connectivity index (χ1n) is 5.66. The van der Waals surface area contributed by atoms with Gasteiger partial charge in [0.1, 0.15) is 0 Å². The van der Waals surface area contributed by atoms with Gasteiger partial charge in [-0.15, -0.1) is 0 Å². The van der Waals surface area contributed by atoms with E-state index < -0.39 is 17.9 Å². The number of urea groups is 1. The summed E-state index contributed by atoms with van der Waals surface area (Å²) in [6.45, 7) is 1.80. The number of benzene rings is 1. The van der Waals surface area contributed by atoms with Gasteiger partial charge in [0.2, 0.25) is 0 Å². The molecule has 0 aliphatic rings. The normalized spacial score (nSPS) is 11.7. The van der Waals surface area contributed by atoms with Crippen molar-refractivity contribution in [3.8, 4) is 0 Å². The fourth-order valence-corrected chi connectivity index (χ4v) is 1.84. The lowest BCUT2D eigenvalue weighted by Crippen LogP contribution is -2.35. The molecule has 104 valence electrons. The van der Waals surface area contributed by atoms with Crippen LogP contribution in [-0.4, -0.2) is 23.7 Å². The van der Waals surface area contributed by atoms with Crippen molar-refractivity contribution in [1.82, 2.24) is 5.32 Å². The number of rotatable bonds is 5. The first-order valence-corrected chi connectivity index (χ1v) is 6.42. The Labute approximate surface area is 120 Å². The predicted molar refractivity (Wildman–Crippen MR) is 74.9 cm³/mol. The Balaban J connectivity index is 2.53. The molecule has 1 atom stereocenters. The SMILES string of the molecule is CCC(CNC(=O)Nc1ccc(Cl)cc1Cl)C(=O)O. The molecule has 0 saturated heterocycles. The van der Waals surface area contributed by atoms with Gasteiger partial charge in [-0.1, -0.05) is 30.1 Å². The van der Waals surface area contributed by atoms with Crippen LogP contribution in [0.3, 0.4) is 0 Å². The summed E-state index contributed by atoms with van der Waals surface area (Å²) in [7, 11) is 0. The minimum atomic E-state index is -0.938. The average molecular weight is 305 g/mol. The molecule has 0 spiro atoms. The van der Waals surface area contributed by atoms with Crippen molar-refractivity contribution in [2.45, 2.75) is 13.3 Å². The van der Waals surface area contributed by atoms with Crippen LogP contribution in [0.2, 0.25) is 10.0 Å². The summed E-state index contributed by atoms with van der Waals surface area (Å²) < 4.78 is 0. The van der Waals surface area contributed by atoms with Gasteiger partial charge >= 0.3 is 12.0 Å². The number of hydrogen-bond acceptors (Lipinski definition) is 2. The molecule has 5 nitrogen and oxygen atoms in total. The molecule has 0 aliphatic heterocycles. The third-order valence-electron chi connectivity index (χ3n) is 2.53. The molecule has 3 N–H and O–H groups in total. The van der Waals surface area contributed by atoms with Gasteiger partial charge in [-0.3, -0.25) is 4.79 Å². The highest BCUT2D eigenvalue weighted by Crippen LogP contribution is 2.25. The number of carboxylic acids is 1. The smallest absolute Gasteiger partial charge is 0.319 e. The minimum Gasteiger partial charge on any atom is -0.481 e. The lowest BCUT2D eigenvalue weighted by molar-refractivity contribution is -0.141. The highest BCUT2D eigenvalue weighted by molar-refractivity contribution is 6.36. The number of carbonyl (C=O) groups is 2. The van der Waals surface area contributed by atoms with E-state index in [1.807, 2.05) is 0 Å². The lowest BCUT2D eigenvalue weighted by atomic mass is 10.1. The van der Waals surface area contributed by atoms with Crippen molar-refractivity contribution < 1.29 is 14.7 Å². The number of halogens is 2. The summed E-state index contributed by atoms with van der Waals surface area (Å²) in [5.74, 6) is -1.54. The molecule has 1 rings (SSSR count). The number of amides is 2. The molecule has 1 aromatic carbocycles. The van der Waals surface area contributed by atoms with E-state index in [4.69, 9.17) is 28.3 Å². The largest absolute Gasteiger partial charge is 0.481 e. The van der Waals surface area contributed by atoms with Crippen LogP contribution in [0.15, 0.2) is 18.2 Å². The molecular weight excluding hydrogens is 291 g/mol. The predicted octanol–water partition coefficient (Wildman–Crippen LogP) is 3.23. The Morgan fingerprint density at radius 2 is 2.05 bits per heavy atom. The lowest BCUT2D eigenvalue weighted by Gasteiger charge is -2.12. The van der Waals surface area contributed by atoms with Crippen molar-refractivity contribution in [2.24, 2.45) is 5.92 Å². The molecule has 0 aromatic heterocycles. The maximum atomic E-state index is 11.6. The highest BCUT2D eigenvalue weighted by atomic mass is 35.5. The molecule has 0 fully saturated rings. The van der Waals surface area contributed by atoms with E-state index in [2.05, 4.69) is 10.6 Å². The highest BCUT2D eigenvalue weighted by Gasteiger charge is 2.16. The van der Waals surface area contributed by atoms with Crippen molar-refractivity contribution in [1.29, 1.82) is 0 Å². The Bertz CT molecular complexity index is 480. The summed E-state index contributed by atoms with van der Waals surface area (Å²) in [5.41, 5.74) is 0.409. The molecule has 0 aliphatic carbocycles. The van der Waals surface area contributed by atoms with Crippen LogP contribution in [0.5, 0.6) is 0 Å². The zero-order valence-electron chi connectivity index (χ0n) is 10.2. The summed E-state index contributed by atoms with van der Waals surface area (Å²) in [4.78, 5) is 22.4. The van der Waals surface area contributed by atoms with E-state index in [1.165, 1.54) is 6.07 Å². The Morgan fingerprint density at radius 3 is 2.58 bits per heavy atom. The van der Waals surface area contributed by atoms with Crippen molar-refractivity contribution in [2.75, 3.05) is 11.9 Å². The van der Waals surface area contributed by atoms with E-state index in [0.29, 0.717) is 22.2 Å². The summed E-state index contributed by atoms with van der Waals surface area (Å²) in [5, 5.41) is 14.6.